The third-order valence-corrected chi connectivity index (χ3v) is 5.49. The van der Waals surface area contributed by atoms with Gasteiger partial charge in [-0.3, -0.25) is 4.90 Å². The van der Waals surface area contributed by atoms with Crippen molar-refractivity contribution < 1.29 is 9.47 Å². The number of nitrogens with one attached hydrogen (secondary N) is 1. The molecule has 0 aromatic rings. The molecule has 3 rings (SSSR count). The lowest BCUT2D eigenvalue weighted by atomic mass is 9.96. The van der Waals surface area contributed by atoms with Crippen LogP contribution in [0.4, 0.5) is 0 Å². The summed E-state index contributed by atoms with van der Waals surface area (Å²) in [4.78, 5) is 2.65. The minimum atomic E-state index is 0.639. The van der Waals surface area contributed by atoms with Gasteiger partial charge in [0.15, 0.2) is 0 Å². The highest BCUT2D eigenvalue weighted by atomic mass is 16.5. The van der Waals surface area contributed by atoms with Crippen molar-refractivity contribution in [2.24, 2.45) is 5.92 Å². The summed E-state index contributed by atoms with van der Waals surface area (Å²) in [6.45, 7) is 7.02. The van der Waals surface area contributed by atoms with Crippen molar-refractivity contribution in [2.75, 3.05) is 46.1 Å². The Kier molecular flexibility index (Phi) is 6.34. The van der Waals surface area contributed by atoms with Crippen molar-refractivity contribution in [1.82, 2.24) is 10.2 Å². The monoisotopic (exact) mass is 296 g/mol. The Hall–Kier alpha value is -0.160. The van der Waals surface area contributed by atoms with Crippen molar-refractivity contribution in [1.29, 1.82) is 0 Å². The number of hydrogen-bond donors (Lipinski definition) is 1. The average Bonchev–Trinajstić information content (AvgIpc) is 2.92. The first-order valence-electron chi connectivity index (χ1n) is 9.06. The standard InChI is InChI=1S/C17H32N2O2/c1-2-4-6-16(5-3-1)18-13-17(15-7-10-21-14-15)19-8-11-20-12-9-19/h15-18H,1-14H2/t15-,17+/m0/s1. The van der Waals surface area contributed by atoms with Crippen LogP contribution in [-0.4, -0.2) is 63.0 Å². The highest BCUT2D eigenvalue weighted by Gasteiger charge is 2.31. The maximum atomic E-state index is 5.66. The Morgan fingerprint density at radius 3 is 2.33 bits per heavy atom. The van der Waals surface area contributed by atoms with Gasteiger partial charge in [0.25, 0.3) is 0 Å². The third kappa shape index (κ3) is 4.65. The minimum Gasteiger partial charge on any atom is -0.381 e. The zero-order valence-electron chi connectivity index (χ0n) is 13.4. The predicted octanol–water partition coefficient (Wildman–Crippen LogP) is 2.04. The molecule has 0 radical (unpaired) electrons. The number of rotatable bonds is 5. The Morgan fingerprint density at radius 1 is 0.905 bits per heavy atom. The van der Waals surface area contributed by atoms with Gasteiger partial charge in [-0.05, 0) is 19.3 Å². The second-order valence-corrected chi connectivity index (χ2v) is 6.94. The molecule has 1 saturated carbocycles. The molecule has 4 nitrogen and oxygen atoms in total. The van der Waals surface area contributed by atoms with Crippen LogP contribution in [0.1, 0.15) is 44.9 Å². The molecule has 0 bridgehead atoms. The second-order valence-electron chi connectivity index (χ2n) is 6.94. The van der Waals surface area contributed by atoms with Crippen molar-refractivity contribution >= 4 is 0 Å². The topological polar surface area (TPSA) is 33.7 Å². The van der Waals surface area contributed by atoms with E-state index in [2.05, 4.69) is 10.2 Å². The third-order valence-electron chi connectivity index (χ3n) is 5.49. The molecule has 3 aliphatic rings. The van der Waals surface area contributed by atoms with E-state index in [1.807, 2.05) is 0 Å². The predicted molar refractivity (Wildman–Crippen MR) is 84.6 cm³/mol. The Balaban J connectivity index is 1.53. The maximum absolute atomic E-state index is 5.66. The molecule has 2 saturated heterocycles. The Bertz CT molecular complexity index is 281. The summed E-state index contributed by atoms with van der Waals surface area (Å²) in [5.74, 6) is 0.710. The molecule has 122 valence electrons. The molecule has 21 heavy (non-hydrogen) atoms. The molecule has 0 aromatic heterocycles. The van der Waals surface area contributed by atoms with E-state index in [4.69, 9.17) is 9.47 Å². The summed E-state index contributed by atoms with van der Waals surface area (Å²) in [5.41, 5.74) is 0. The number of morpholine rings is 1. The smallest absolute Gasteiger partial charge is 0.0594 e. The first-order chi connectivity index (χ1) is 10.4. The molecule has 1 N–H and O–H groups in total. The molecule has 4 heteroatoms. The highest BCUT2D eigenvalue weighted by Crippen LogP contribution is 2.23. The molecule has 0 unspecified atom stereocenters. The fourth-order valence-electron chi connectivity index (χ4n) is 4.13. The normalized spacial score (nSPS) is 31.1. The quantitative estimate of drug-likeness (QED) is 0.787. The Morgan fingerprint density at radius 2 is 1.67 bits per heavy atom. The molecule has 2 atom stereocenters. The average molecular weight is 296 g/mol. The van der Waals surface area contributed by atoms with E-state index in [0.29, 0.717) is 12.0 Å². The van der Waals surface area contributed by atoms with Crippen molar-refractivity contribution in [3.05, 3.63) is 0 Å². The first kappa shape index (κ1) is 15.7. The zero-order valence-corrected chi connectivity index (χ0v) is 13.4. The van der Waals surface area contributed by atoms with Gasteiger partial charge in [-0.25, -0.2) is 0 Å². The lowest BCUT2D eigenvalue weighted by molar-refractivity contribution is 0.000708. The van der Waals surface area contributed by atoms with Crippen LogP contribution >= 0.6 is 0 Å². The summed E-state index contributed by atoms with van der Waals surface area (Å²) in [6, 6.07) is 1.39. The van der Waals surface area contributed by atoms with E-state index < -0.39 is 0 Å². The summed E-state index contributed by atoms with van der Waals surface area (Å²) >= 11 is 0. The van der Waals surface area contributed by atoms with Crippen molar-refractivity contribution in [3.63, 3.8) is 0 Å². The lowest BCUT2D eigenvalue weighted by Gasteiger charge is -2.38. The van der Waals surface area contributed by atoms with Gasteiger partial charge < -0.3 is 14.8 Å². The number of nitrogens with zero attached hydrogens (tertiary/aromatic N) is 1. The van der Waals surface area contributed by atoms with Crippen molar-refractivity contribution in [3.8, 4) is 0 Å². The van der Waals surface area contributed by atoms with Gasteiger partial charge in [0.05, 0.1) is 19.8 Å². The molecule has 0 amide bonds. The zero-order chi connectivity index (χ0) is 14.3. The lowest BCUT2D eigenvalue weighted by Crippen LogP contribution is -2.52. The fourth-order valence-corrected chi connectivity index (χ4v) is 4.13. The summed E-state index contributed by atoms with van der Waals surface area (Å²) < 4.78 is 11.2. The van der Waals surface area contributed by atoms with Crippen molar-refractivity contribution in [2.45, 2.75) is 57.0 Å². The Labute approximate surface area is 129 Å². The number of ether oxygens (including phenoxy) is 2. The van der Waals surface area contributed by atoms with E-state index in [1.165, 1.54) is 44.9 Å². The summed E-state index contributed by atoms with van der Waals surface area (Å²) in [6.07, 6.45) is 9.66. The molecule has 2 aliphatic heterocycles. The SMILES string of the molecule is C1CCCC(NC[C@H]([C@H]2CCOC2)N2CCOCC2)CC1. The van der Waals surface area contributed by atoms with E-state index >= 15 is 0 Å². The van der Waals surface area contributed by atoms with Gasteiger partial charge in [0.2, 0.25) is 0 Å². The van der Waals surface area contributed by atoms with Gasteiger partial charge in [-0.1, -0.05) is 25.7 Å². The van der Waals surface area contributed by atoms with Gasteiger partial charge in [-0.2, -0.15) is 0 Å². The van der Waals surface area contributed by atoms with Gasteiger partial charge in [-0.15, -0.1) is 0 Å². The van der Waals surface area contributed by atoms with Crippen LogP contribution in [0.15, 0.2) is 0 Å². The number of hydrogen-bond acceptors (Lipinski definition) is 4. The van der Waals surface area contributed by atoms with E-state index in [0.717, 1.165) is 52.1 Å². The van der Waals surface area contributed by atoms with Crippen LogP contribution in [0, 0.1) is 5.92 Å². The van der Waals surface area contributed by atoms with E-state index in [1.54, 1.807) is 0 Å². The van der Waals surface area contributed by atoms with E-state index in [9.17, 15) is 0 Å². The van der Waals surface area contributed by atoms with Crippen LogP contribution in [0.3, 0.4) is 0 Å². The molecule has 3 fully saturated rings. The first-order valence-corrected chi connectivity index (χ1v) is 9.06. The maximum Gasteiger partial charge on any atom is 0.0594 e. The molecule has 1 aliphatic carbocycles. The molecule has 0 aromatic carbocycles. The van der Waals surface area contributed by atoms with Gasteiger partial charge >= 0.3 is 0 Å². The van der Waals surface area contributed by atoms with Crippen LogP contribution in [0.5, 0.6) is 0 Å². The molecular formula is C17H32N2O2. The van der Waals surface area contributed by atoms with Gasteiger partial charge in [0.1, 0.15) is 0 Å². The van der Waals surface area contributed by atoms with E-state index in [-0.39, 0.29) is 0 Å². The second kappa shape index (κ2) is 8.47. The van der Waals surface area contributed by atoms with Crippen LogP contribution in [0.25, 0.3) is 0 Å². The largest absolute Gasteiger partial charge is 0.381 e. The van der Waals surface area contributed by atoms with Crippen LogP contribution in [-0.2, 0) is 9.47 Å². The van der Waals surface area contributed by atoms with Crippen LogP contribution < -0.4 is 5.32 Å². The molecule has 0 spiro atoms. The molecule has 2 heterocycles. The summed E-state index contributed by atoms with van der Waals surface area (Å²) in [7, 11) is 0. The van der Waals surface area contributed by atoms with Gasteiger partial charge in [0, 0.05) is 44.2 Å². The van der Waals surface area contributed by atoms with Crippen LogP contribution in [0.2, 0.25) is 0 Å². The highest BCUT2D eigenvalue weighted by molar-refractivity contribution is 4.86. The summed E-state index contributed by atoms with van der Waals surface area (Å²) in [5, 5.41) is 3.90. The fraction of sp³-hybridized carbons (Fsp3) is 1.00. The minimum absolute atomic E-state index is 0.639. The molecular weight excluding hydrogens is 264 g/mol.